The number of hydrogen-bond acceptors (Lipinski definition) is 6. The minimum atomic E-state index is -0.945. The fraction of sp³-hybridized carbons (Fsp3) is 0.857. The molecule has 2 atom stereocenters. The Bertz CT molecular complexity index is 128. The largest absolute Gasteiger partial charge is 0.465 e. The van der Waals surface area contributed by atoms with E-state index >= 15 is 0 Å². The Kier molecular flexibility index (Phi) is 7.51. The van der Waals surface area contributed by atoms with Gasteiger partial charge in [-0.1, -0.05) is 0 Å². The zero-order valence-electron chi connectivity index (χ0n) is 7.13. The molecule has 0 radical (unpaired) electrons. The molecule has 0 aliphatic rings. The topological polar surface area (TPSA) is 96.2 Å². The Hall–Kier alpha value is -0.690. The fourth-order valence-corrected chi connectivity index (χ4v) is 0.591. The molecule has 13 heavy (non-hydrogen) atoms. The quantitative estimate of drug-likeness (QED) is 0.383. The first-order valence-electron chi connectivity index (χ1n) is 3.80. The molecule has 0 aromatic carbocycles. The van der Waals surface area contributed by atoms with Crippen LogP contribution in [0.2, 0.25) is 0 Å². The van der Waals surface area contributed by atoms with Gasteiger partial charge in [0.15, 0.2) is 0 Å². The normalized spacial score (nSPS) is 15.0. The molecule has 0 amide bonds. The first-order valence-corrected chi connectivity index (χ1v) is 3.80. The minimum absolute atomic E-state index is 0.0507. The van der Waals surface area contributed by atoms with Crippen LogP contribution in [0.1, 0.15) is 0 Å². The highest BCUT2D eigenvalue weighted by molar-refractivity contribution is 5.36. The van der Waals surface area contributed by atoms with Gasteiger partial charge < -0.3 is 24.8 Å². The lowest BCUT2D eigenvalue weighted by Gasteiger charge is -2.11. The lowest BCUT2D eigenvalue weighted by molar-refractivity contribution is -0.133. The van der Waals surface area contributed by atoms with Crippen molar-refractivity contribution in [2.45, 2.75) is 12.2 Å². The summed E-state index contributed by atoms with van der Waals surface area (Å²) in [4.78, 5) is 9.69. The van der Waals surface area contributed by atoms with Crippen LogP contribution < -0.4 is 0 Å². The third-order valence-electron chi connectivity index (χ3n) is 1.19. The van der Waals surface area contributed by atoms with Crippen molar-refractivity contribution in [1.29, 1.82) is 0 Å². The number of aliphatic hydroxyl groups excluding tert-OH is 3. The third-order valence-corrected chi connectivity index (χ3v) is 1.19. The molecule has 6 heteroatoms. The second-order valence-corrected chi connectivity index (χ2v) is 2.46. The van der Waals surface area contributed by atoms with Crippen LogP contribution in [-0.2, 0) is 14.3 Å². The smallest absolute Gasteiger partial charge is 0.293 e. The van der Waals surface area contributed by atoms with Crippen LogP contribution in [-0.4, -0.2) is 60.4 Å². The highest BCUT2D eigenvalue weighted by Crippen LogP contribution is 1.89. The van der Waals surface area contributed by atoms with Crippen molar-refractivity contribution >= 4 is 6.47 Å². The standard InChI is InChI=1S/C7H14O6/c8-1-6(10)2-12-3-7(11)4-13-5-9/h5-8,10-11H,1-4H2. The van der Waals surface area contributed by atoms with Gasteiger partial charge in [-0.05, 0) is 0 Å². The summed E-state index contributed by atoms with van der Waals surface area (Å²) in [5, 5.41) is 26.2. The molecule has 0 aliphatic carbocycles. The Balaban J connectivity index is 3.25. The van der Waals surface area contributed by atoms with E-state index in [9.17, 15) is 4.79 Å². The molecule has 0 saturated carbocycles. The van der Waals surface area contributed by atoms with Crippen LogP contribution >= 0.6 is 0 Å². The number of ether oxygens (including phenoxy) is 2. The summed E-state index contributed by atoms with van der Waals surface area (Å²) in [6.07, 6.45) is -1.85. The van der Waals surface area contributed by atoms with Crippen LogP contribution in [0.15, 0.2) is 0 Å². The monoisotopic (exact) mass is 194 g/mol. The van der Waals surface area contributed by atoms with E-state index in [1.807, 2.05) is 0 Å². The number of aliphatic hydroxyl groups is 3. The predicted octanol–water partition coefficient (Wildman–Crippen LogP) is -2.11. The van der Waals surface area contributed by atoms with Gasteiger partial charge in [-0.15, -0.1) is 0 Å². The second-order valence-electron chi connectivity index (χ2n) is 2.46. The van der Waals surface area contributed by atoms with E-state index < -0.39 is 12.2 Å². The number of carbonyl (C=O) groups excluding carboxylic acids is 1. The molecule has 3 N–H and O–H groups in total. The molecule has 0 aliphatic heterocycles. The Morgan fingerprint density at radius 3 is 2.31 bits per heavy atom. The lowest BCUT2D eigenvalue weighted by Crippen LogP contribution is -2.26. The zero-order valence-corrected chi connectivity index (χ0v) is 7.13. The molecule has 6 nitrogen and oxygen atoms in total. The summed E-state index contributed by atoms with van der Waals surface area (Å²) in [6.45, 7) is -0.412. The first kappa shape index (κ1) is 12.3. The maximum absolute atomic E-state index is 9.69. The molecule has 0 bridgehead atoms. The van der Waals surface area contributed by atoms with E-state index in [0.717, 1.165) is 0 Å². The van der Waals surface area contributed by atoms with E-state index in [-0.39, 0.29) is 32.9 Å². The average Bonchev–Trinajstić information content (AvgIpc) is 2.14. The third kappa shape index (κ3) is 7.66. The summed E-state index contributed by atoms with van der Waals surface area (Å²) in [5.41, 5.74) is 0. The van der Waals surface area contributed by atoms with Crippen molar-refractivity contribution in [3.05, 3.63) is 0 Å². The molecular weight excluding hydrogens is 180 g/mol. The average molecular weight is 194 g/mol. The molecular formula is C7H14O6. The van der Waals surface area contributed by atoms with Crippen molar-refractivity contribution < 1.29 is 29.6 Å². The fourth-order valence-electron chi connectivity index (χ4n) is 0.591. The van der Waals surface area contributed by atoms with Gasteiger partial charge in [0.05, 0.1) is 19.8 Å². The highest BCUT2D eigenvalue weighted by atomic mass is 16.5. The summed E-state index contributed by atoms with van der Waals surface area (Å²) in [7, 11) is 0. The van der Waals surface area contributed by atoms with Gasteiger partial charge in [-0.3, -0.25) is 4.79 Å². The molecule has 0 heterocycles. The zero-order chi connectivity index (χ0) is 10.1. The van der Waals surface area contributed by atoms with Crippen molar-refractivity contribution in [2.24, 2.45) is 0 Å². The van der Waals surface area contributed by atoms with Gasteiger partial charge in [-0.2, -0.15) is 0 Å². The number of rotatable bonds is 8. The second kappa shape index (κ2) is 7.93. The molecule has 0 saturated heterocycles. The summed E-state index contributed by atoms with van der Waals surface area (Å²) in [5.74, 6) is 0. The van der Waals surface area contributed by atoms with Gasteiger partial charge in [0.2, 0.25) is 0 Å². The molecule has 0 spiro atoms. The van der Waals surface area contributed by atoms with Gasteiger partial charge in [0.25, 0.3) is 6.47 Å². The van der Waals surface area contributed by atoms with E-state index in [0.29, 0.717) is 0 Å². The maximum Gasteiger partial charge on any atom is 0.293 e. The molecule has 0 aromatic heterocycles. The predicted molar refractivity (Wildman–Crippen MR) is 41.9 cm³/mol. The van der Waals surface area contributed by atoms with Crippen LogP contribution in [0, 0.1) is 0 Å². The van der Waals surface area contributed by atoms with E-state index in [2.05, 4.69) is 4.74 Å². The highest BCUT2D eigenvalue weighted by Gasteiger charge is 2.06. The van der Waals surface area contributed by atoms with Crippen LogP contribution in [0.3, 0.4) is 0 Å². The van der Waals surface area contributed by atoms with Crippen molar-refractivity contribution in [1.82, 2.24) is 0 Å². The van der Waals surface area contributed by atoms with Crippen LogP contribution in [0.4, 0.5) is 0 Å². The van der Waals surface area contributed by atoms with Crippen molar-refractivity contribution in [3.8, 4) is 0 Å². The van der Waals surface area contributed by atoms with E-state index in [1.165, 1.54) is 0 Å². The van der Waals surface area contributed by atoms with Crippen molar-refractivity contribution in [2.75, 3.05) is 26.4 Å². The van der Waals surface area contributed by atoms with Gasteiger partial charge >= 0.3 is 0 Å². The maximum atomic E-state index is 9.69. The van der Waals surface area contributed by atoms with Crippen molar-refractivity contribution in [3.63, 3.8) is 0 Å². The summed E-state index contributed by atoms with van der Waals surface area (Å²) < 4.78 is 9.05. The lowest BCUT2D eigenvalue weighted by atomic mass is 10.4. The van der Waals surface area contributed by atoms with Crippen LogP contribution in [0.25, 0.3) is 0 Å². The Morgan fingerprint density at radius 1 is 1.15 bits per heavy atom. The summed E-state index contributed by atoms with van der Waals surface area (Å²) in [6, 6.07) is 0. The molecule has 78 valence electrons. The van der Waals surface area contributed by atoms with Gasteiger partial charge in [0.1, 0.15) is 18.8 Å². The molecule has 0 aromatic rings. The van der Waals surface area contributed by atoms with E-state index in [4.69, 9.17) is 20.1 Å². The Labute approximate surface area is 75.7 Å². The summed E-state index contributed by atoms with van der Waals surface area (Å²) >= 11 is 0. The van der Waals surface area contributed by atoms with E-state index in [1.54, 1.807) is 0 Å². The SMILES string of the molecule is O=COCC(O)COCC(O)CO. The minimum Gasteiger partial charge on any atom is -0.465 e. The first-order chi connectivity index (χ1) is 6.20. The molecule has 0 rings (SSSR count). The Morgan fingerprint density at radius 2 is 1.77 bits per heavy atom. The number of carbonyl (C=O) groups is 1. The molecule has 0 fully saturated rings. The van der Waals surface area contributed by atoms with Crippen LogP contribution in [0.5, 0.6) is 0 Å². The number of hydrogen-bond donors (Lipinski definition) is 3. The molecule has 2 unspecified atom stereocenters. The van der Waals surface area contributed by atoms with Gasteiger partial charge in [0, 0.05) is 0 Å². The van der Waals surface area contributed by atoms with Gasteiger partial charge in [-0.25, -0.2) is 0 Å².